The summed E-state index contributed by atoms with van der Waals surface area (Å²) >= 11 is 0. The minimum absolute atomic E-state index is 0.0208. The lowest BCUT2D eigenvalue weighted by Gasteiger charge is -2.16. The van der Waals surface area contributed by atoms with Crippen LogP contribution < -0.4 is 11.3 Å². The quantitative estimate of drug-likeness (QED) is 0.615. The fourth-order valence-electron chi connectivity index (χ4n) is 2.69. The fourth-order valence-corrected chi connectivity index (χ4v) is 2.69. The topological polar surface area (TPSA) is 38.0 Å². The lowest BCUT2D eigenvalue weighted by molar-refractivity contribution is -0.135. The van der Waals surface area contributed by atoms with Crippen LogP contribution in [0, 0.1) is 5.92 Å². The highest BCUT2D eigenvalue weighted by atomic mass is 19.4. The van der Waals surface area contributed by atoms with Gasteiger partial charge in [0.1, 0.15) is 0 Å². The van der Waals surface area contributed by atoms with Crippen molar-refractivity contribution in [1.82, 2.24) is 5.43 Å². The summed E-state index contributed by atoms with van der Waals surface area (Å²) in [5.74, 6) is 6.27. The standard InChI is InChI=1S/C14H19F3N2/c15-14(16,17)8-4-7-13(19-18)12-9-11(12)10-5-2-1-3-6-10/h1-3,5-6,11-13,19H,4,7-9,18H2. The molecule has 1 fully saturated rings. The smallest absolute Gasteiger partial charge is 0.271 e. The Hall–Kier alpha value is -1.07. The van der Waals surface area contributed by atoms with E-state index in [0.717, 1.165) is 6.42 Å². The first-order valence-electron chi connectivity index (χ1n) is 6.59. The Balaban J connectivity index is 1.81. The molecule has 0 radical (unpaired) electrons. The third-order valence-corrected chi connectivity index (χ3v) is 3.77. The van der Waals surface area contributed by atoms with E-state index >= 15 is 0 Å². The van der Waals surface area contributed by atoms with Crippen LogP contribution in [-0.2, 0) is 0 Å². The minimum atomic E-state index is -4.07. The molecule has 0 bridgehead atoms. The highest BCUT2D eigenvalue weighted by Gasteiger charge is 2.43. The Bertz CT molecular complexity index is 391. The summed E-state index contributed by atoms with van der Waals surface area (Å²) in [6, 6.07) is 10.0. The number of alkyl halides is 3. The van der Waals surface area contributed by atoms with E-state index < -0.39 is 12.6 Å². The van der Waals surface area contributed by atoms with E-state index in [2.05, 4.69) is 17.6 Å². The molecule has 0 heterocycles. The molecule has 1 aromatic carbocycles. The van der Waals surface area contributed by atoms with E-state index in [0.29, 0.717) is 18.3 Å². The molecule has 2 rings (SSSR count). The Morgan fingerprint density at radius 2 is 1.95 bits per heavy atom. The van der Waals surface area contributed by atoms with E-state index in [9.17, 15) is 13.2 Å². The third-order valence-electron chi connectivity index (χ3n) is 3.77. The first kappa shape index (κ1) is 14.3. The van der Waals surface area contributed by atoms with Crippen molar-refractivity contribution in [1.29, 1.82) is 0 Å². The molecular formula is C14H19F3N2. The zero-order chi connectivity index (χ0) is 13.9. The van der Waals surface area contributed by atoms with Gasteiger partial charge in [0.15, 0.2) is 0 Å². The molecule has 2 nitrogen and oxygen atoms in total. The maximum atomic E-state index is 12.1. The van der Waals surface area contributed by atoms with Crippen molar-refractivity contribution in [3.63, 3.8) is 0 Å². The van der Waals surface area contributed by atoms with Crippen LogP contribution >= 0.6 is 0 Å². The highest BCUT2D eigenvalue weighted by Crippen LogP contribution is 2.50. The second-order valence-electron chi connectivity index (χ2n) is 5.20. The number of rotatable bonds is 6. The van der Waals surface area contributed by atoms with Crippen molar-refractivity contribution in [3.8, 4) is 0 Å². The number of hydrogen-bond donors (Lipinski definition) is 2. The van der Waals surface area contributed by atoms with Gasteiger partial charge < -0.3 is 0 Å². The van der Waals surface area contributed by atoms with Gasteiger partial charge in [-0.1, -0.05) is 30.3 Å². The second kappa shape index (κ2) is 5.92. The van der Waals surface area contributed by atoms with Gasteiger partial charge in [-0.05, 0) is 36.7 Å². The molecule has 3 atom stereocenters. The zero-order valence-electron chi connectivity index (χ0n) is 10.7. The SMILES string of the molecule is NNC(CCCC(F)(F)F)C1CC1c1ccccc1. The van der Waals surface area contributed by atoms with Gasteiger partial charge in [0.25, 0.3) is 0 Å². The Morgan fingerprint density at radius 3 is 2.53 bits per heavy atom. The molecule has 3 N–H and O–H groups in total. The predicted molar refractivity (Wildman–Crippen MR) is 68.3 cm³/mol. The first-order valence-corrected chi connectivity index (χ1v) is 6.59. The van der Waals surface area contributed by atoms with Gasteiger partial charge >= 0.3 is 6.18 Å². The third kappa shape index (κ3) is 4.21. The number of nitrogens with two attached hydrogens (primary N) is 1. The molecule has 0 amide bonds. The number of hydrazine groups is 1. The van der Waals surface area contributed by atoms with Gasteiger partial charge in [-0.25, -0.2) is 0 Å². The van der Waals surface area contributed by atoms with Crippen molar-refractivity contribution in [3.05, 3.63) is 35.9 Å². The van der Waals surface area contributed by atoms with Gasteiger partial charge in [-0.2, -0.15) is 13.2 Å². The van der Waals surface area contributed by atoms with E-state index in [1.54, 1.807) is 0 Å². The number of halogens is 3. The Labute approximate surface area is 111 Å². The van der Waals surface area contributed by atoms with Crippen LogP contribution in [-0.4, -0.2) is 12.2 Å². The monoisotopic (exact) mass is 272 g/mol. The molecule has 1 aromatic rings. The van der Waals surface area contributed by atoms with Gasteiger partial charge in [-0.3, -0.25) is 11.3 Å². The number of benzene rings is 1. The second-order valence-corrected chi connectivity index (χ2v) is 5.20. The molecule has 5 heteroatoms. The largest absolute Gasteiger partial charge is 0.389 e. The van der Waals surface area contributed by atoms with Gasteiger partial charge in [0.05, 0.1) is 0 Å². The van der Waals surface area contributed by atoms with Gasteiger partial charge in [0, 0.05) is 12.5 Å². The van der Waals surface area contributed by atoms with Crippen molar-refractivity contribution in [2.75, 3.05) is 0 Å². The molecule has 0 aliphatic heterocycles. The Morgan fingerprint density at radius 1 is 1.26 bits per heavy atom. The lowest BCUT2D eigenvalue weighted by Crippen LogP contribution is -2.37. The minimum Gasteiger partial charge on any atom is -0.271 e. The molecule has 19 heavy (non-hydrogen) atoms. The summed E-state index contributed by atoms with van der Waals surface area (Å²) in [7, 11) is 0. The predicted octanol–water partition coefficient (Wildman–Crippen LogP) is 3.35. The van der Waals surface area contributed by atoms with E-state index in [4.69, 9.17) is 5.84 Å². The normalized spacial score (nSPS) is 24.2. The van der Waals surface area contributed by atoms with E-state index in [1.165, 1.54) is 5.56 Å². The van der Waals surface area contributed by atoms with Crippen molar-refractivity contribution >= 4 is 0 Å². The summed E-state index contributed by atoms with van der Waals surface area (Å²) in [5, 5.41) is 0. The fraction of sp³-hybridized carbons (Fsp3) is 0.571. The zero-order valence-corrected chi connectivity index (χ0v) is 10.7. The van der Waals surface area contributed by atoms with E-state index in [-0.39, 0.29) is 12.5 Å². The van der Waals surface area contributed by atoms with Crippen LogP contribution in [0.3, 0.4) is 0 Å². The molecule has 1 saturated carbocycles. The summed E-state index contributed by atoms with van der Waals surface area (Å²) in [4.78, 5) is 0. The highest BCUT2D eigenvalue weighted by molar-refractivity contribution is 5.26. The molecule has 1 aliphatic rings. The lowest BCUT2D eigenvalue weighted by atomic mass is 10.0. The number of hydrogen-bond acceptors (Lipinski definition) is 2. The molecular weight excluding hydrogens is 253 g/mol. The van der Waals surface area contributed by atoms with Gasteiger partial charge in [-0.15, -0.1) is 0 Å². The van der Waals surface area contributed by atoms with Crippen molar-refractivity contribution in [2.45, 2.75) is 43.8 Å². The summed E-state index contributed by atoms with van der Waals surface area (Å²) in [5.41, 5.74) is 3.94. The maximum Gasteiger partial charge on any atom is 0.389 e. The Kier molecular flexibility index (Phi) is 4.47. The summed E-state index contributed by atoms with van der Waals surface area (Å²) < 4.78 is 36.4. The first-order chi connectivity index (χ1) is 9.01. The molecule has 0 saturated heterocycles. The van der Waals surface area contributed by atoms with Crippen LogP contribution in [0.1, 0.15) is 37.2 Å². The summed E-state index contributed by atoms with van der Waals surface area (Å²) in [6.45, 7) is 0. The molecule has 106 valence electrons. The van der Waals surface area contributed by atoms with E-state index in [1.807, 2.05) is 18.2 Å². The average molecular weight is 272 g/mol. The van der Waals surface area contributed by atoms with Crippen LogP contribution in [0.15, 0.2) is 30.3 Å². The molecule has 0 spiro atoms. The van der Waals surface area contributed by atoms with Crippen molar-refractivity contribution in [2.24, 2.45) is 11.8 Å². The van der Waals surface area contributed by atoms with Crippen LogP contribution in [0.2, 0.25) is 0 Å². The average Bonchev–Trinajstić information content (AvgIpc) is 3.15. The maximum absolute atomic E-state index is 12.1. The van der Waals surface area contributed by atoms with Gasteiger partial charge in [0.2, 0.25) is 0 Å². The van der Waals surface area contributed by atoms with Crippen LogP contribution in [0.25, 0.3) is 0 Å². The van der Waals surface area contributed by atoms with Crippen LogP contribution in [0.5, 0.6) is 0 Å². The summed E-state index contributed by atoms with van der Waals surface area (Å²) in [6.07, 6.45) is -3.18. The van der Waals surface area contributed by atoms with Crippen molar-refractivity contribution < 1.29 is 13.2 Å². The molecule has 1 aliphatic carbocycles. The molecule has 0 aromatic heterocycles. The molecule has 3 unspecified atom stereocenters. The number of nitrogens with one attached hydrogen (secondary N) is 1. The van der Waals surface area contributed by atoms with Crippen LogP contribution in [0.4, 0.5) is 13.2 Å².